The summed E-state index contributed by atoms with van der Waals surface area (Å²) in [6.45, 7) is 12.1. The monoisotopic (exact) mass is 680 g/mol. The lowest BCUT2D eigenvalue weighted by molar-refractivity contribution is 0.103. The molecule has 7 heteroatoms. The number of aryl methyl sites for hydroxylation is 1. The van der Waals surface area contributed by atoms with Crippen molar-refractivity contribution in [1.82, 2.24) is 0 Å². The summed E-state index contributed by atoms with van der Waals surface area (Å²) in [7, 11) is 0. The highest BCUT2D eigenvalue weighted by Gasteiger charge is 2.25. The molecule has 7 nitrogen and oxygen atoms in total. The molecule has 2 N–H and O–H groups in total. The SMILES string of the molecule is CCCCC/C=C\c1c(O)cc(CC=C(C)C)c2oc(=O)c(C(=O)c3cc4c(CCCCCCC)c(O)cc(CC=C(C)C)c4oc3=O)cc12. The Bertz CT molecular complexity index is 2040. The number of fused-ring (bicyclic) bond motifs is 2. The van der Waals surface area contributed by atoms with Crippen LogP contribution in [0.25, 0.3) is 28.0 Å². The van der Waals surface area contributed by atoms with E-state index in [2.05, 4.69) is 13.8 Å². The minimum absolute atomic E-state index is 0.00168. The van der Waals surface area contributed by atoms with Gasteiger partial charge in [-0.3, -0.25) is 4.79 Å². The fraction of sp³-hybridized carbons (Fsp3) is 0.419. The Labute approximate surface area is 295 Å². The number of aromatic hydroxyl groups is 2. The quantitative estimate of drug-likeness (QED) is 0.0493. The summed E-state index contributed by atoms with van der Waals surface area (Å²) in [5.74, 6) is -0.759. The van der Waals surface area contributed by atoms with Gasteiger partial charge in [0.15, 0.2) is 0 Å². The number of phenolic OH excluding ortho intramolecular Hbond substituents is 2. The first kappa shape index (κ1) is 38.2. The van der Waals surface area contributed by atoms with Gasteiger partial charge < -0.3 is 19.0 Å². The van der Waals surface area contributed by atoms with E-state index in [4.69, 9.17) is 8.83 Å². The second-order valence-corrected chi connectivity index (χ2v) is 13.7. The first-order valence-electron chi connectivity index (χ1n) is 18.1. The van der Waals surface area contributed by atoms with Crippen molar-refractivity contribution in [2.75, 3.05) is 0 Å². The van der Waals surface area contributed by atoms with Crippen molar-refractivity contribution in [3.05, 3.63) is 108 Å². The molecular formula is C43H52O7. The molecule has 4 rings (SSSR count). The van der Waals surface area contributed by atoms with Crippen LogP contribution in [-0.4, -0.2) is 16.0 Å². The van der Waals surface area contributed by atoms with E-state index in [9.17, 15) is 24.6 Å². The van der Waals surface area contributed by atoms with Crippen molar-refractivity contribution in [2.45, 2.75) is 119 Å². The molecule has 0 atom stereocenters. The number of unbranched alkanes of at least 4 members (excludes halogenated alkanes) is 7. The van der Waals surface area contributed by atoms with E-state index in [1.54, 1.807) is 18.2 Å². The van der Waals surface area contributed by atoms with E-state index in [0.717, 1.165) is 68.9 Å². The minimum atomic E-state index is -0.889. The molecular weight excluding hydrogens is 628 g/mol. The lowest BCUT2D eigenvalue weighted by Gasteiger charge is -2.13. The fourth-order valence-corrected chi connectivity index (χ4v) is 6.20. The molecule has 0 radical (unpaired) electrons. The van der Waals surface area contributed by atoms with Crippen molar-refractivity contribution < 1.29 is 23.8 Å². The van der Waals surface area contributed by atoms with Gasteiger partial charge in [0.1, 0.15) is 33.8 Å². The number of benzene rings is 2. The Morgan fingerprint density at radius 3 is 1.78 bits per heavy atom. The van der Waals surface area contributed by atoms with Gasteiger partial charge in [-0.15, -0.1) is 0 Å². The zero-order chi connectivity index (χ0) is 36.4. The predicted octanol–water partition coefficient (Wildman–Crippen LogP) is 10.7. The molecule has 50 heavy (non-hydrogen) atoms. The van der Waals surface area contributed by atoms with Crippen LogP contribution < -0.4 is 11.3 Å². The summed E-state index contributed by atoms with van der Waals surface area (Å²) in [6.07, 6.45) is 18.2. The van der Waals surface area contributed by atoms with E-state index in [1.807, 2.05) is 45.9 Å². The molecule has 0 bridgehead atoms. The Morgan fingerprint density at radius 1 is 0.680 bits per heavy atom. The topological polar surface area (TPSA) is 118 Å². The summed E-state index contributed by atoms with van der Waals surface area (Å²) in [6, 6.07) is 6.11. The molecule has 0 aliphatic rings. The van der Waals surface area contributed by atoms with Crippen molar-refractivity contribution in [2.24, 2.45) is 0 Å². The van der Waals surface area contributed by atoms with Gasteiger partial charge in [0, 0.05) is 33.0 Å². The van der Waals surface area contributed by atoms with Gasteiger partial charge in [-0.05, 0) is 90.5 Å². The molecule has 4 aromatic rings. The van der Waals surface area contributed by atoms with Crippen molar-refractivity contribution in [1.29, 1.82) is 0 Å². The van der Waals surface area contributed by atoms with Crippen LogP contribution in [0.4, 0.5) is 0 Å². The van der Waals surface area contributed by atoms with Crippen LogP contribution >= 0.6 is 0 Å². The van der Waals surface area contributed by atoms with E-state index in [-0.39, 0.29) is 28.2 Å². The first-order chi connectivity index (χ1) is 24.0. The number of hydrogen-bond acceptors (Lipinski definition) is 7. The Morgan fingerprint density at radius 2 is 1.20 bits per heavy atom. The minimum Gasteiger partial charge on any atom is -0.508 e. The predicted molar refractivity (Wildman–Crippen MR) is 204 cm³/mol. The molecule has 0 unspecified atom stereocenters. The lowest BCUT2D eigenvalue weighted by atomic mass is 9.94. The number of hydrogen-bond donors (Lipinski definition) is 2. The standard InChI is InChI=1S/C43H52O7/c1-7-9-11-13-15-17-31-33-25-35(42(47)49-40(33)29(23-37(31)44)21-19-27(3)4)39(46)36-26-34-32(18-16-14-12-10-8-2)38(45)24-30(22-20-28(5)6)41(34)50-43(36)48/h15,17,19-20,23-26,44-45H,7-14,16,18,21-22H2,1-6H3/b17-15-. The van der Waals surface area contributed by atoms with Crippen molar-refractivity contribution in [3.8, 4) is 11.5 Å². The highest BCUT2D eigenvalue weighted by atomic mass is 16.4. The average molecular weight is 681 g/mol. The van der Waals surface area contributed by atoms with Crippen LogP contribution in [0.5, 0.6) is 11.5 Å². The summed E-state index contributed by atoms with van der Waals surface area (Å²) in [5.41, 5.74) is 2.56. The summed E-state index contributed by atoms with van der Waals surface area (Å²) < 4.78 is 11.7. The Balaban J connectivity index is 1.90. The first-order valence-corrected chi connectivity index (χ1v) is 18.1. The van der Waals surface area contributed by atoms with Gasteiger partial charge in [0.05, 0.1) is 0 Å². The van der Waals surface area contributed by atoms with E-state index < -0.39 is 17.0 Å². The van der Waals surface area contributed by atoms with Crippen LogP contribution in [0, 0.1) is 0 Å². The highest BCUT2D eigenvalue weighted by Crippen LogP contribution is 2.35. The molecule has 0 aliphatic heterocycles. The van der Waals surface area contributed by atoms with Crippen LogP contribution in [0.3, 0.4) is 0 Å². The molecule has 2 heterocycles. The van der Waals surface area contributed by atoms with Crippen LogP contribution in [0.15, 0.2) is 72.1 Å². The third-order valence-electron chi connectivity index (χ3n) is 9.04. The van der Waals surface area contributed by atoms with Gasteiger partial charge in [0.2, 0.25) is 5.78 Å². The van der Waals surface area contributed by atoms with Crippen LogP contribution in [-0.2, 0) is 19.3 Å². The molecule has 2 aromatic heterocycles. The second-order valence-electron chi connectivity index (χ2n) is 13.7. The Hall–Kier alpha value is -4.65. The second kappa shape index (κ2) is 17.8. The number of phenols is 2. The molecule has 0 fully saturated rings. The van der Waals surface area contributed by atoms with Crippen LogP contribution in [0.1, 0.15) is 138 Å². The number of carbonyl (C=O) groups excluding carboxylic acids is 1. The van der Waals surface area contributed by atoms with E-state index in [0.29, 0.717) is 57.9 Å². The van der Waals surface area contributed by atoms with Gasteiger partial charge in [-0.1, -0.05) is 87.8 Å². The van der Waals surface area contributed by atoms with Gasteiger partial charge in [0.25, 0.3) is 0 Å². The normalized spacial score (nSPS) is 11.5. The molecule has 0 aliphatic carbocycles. The van der Waals surface area contributed by atoms with Crippen molar-refractivity contribution in [3.63, 3.8) is 0 Å². The largest absolute Gasteiger partial charge is 0.508 e. The molecule has 266 valence electrons. The number of allylic oxidation sites excluding steroid dienone is 5. The number of carbonyl (C=O) groups is 1. The van der Waals surface area contributed by atoms with Gasteiger partial charge >= 0.3 is 11.3 Å². The molecule has 0 saturated heterocycles. The fourth-order valence-electron chi connectivity index (χ4n) is 6.20. The third-order valence-corrected chi connectivity index (χ3v) is 9.04. The Kier molecular flexibility index (Phi) is 13.6. The smallest absolute Gasteiger partial charge is 0.347 e. The van der Waals surface area contributed by atoms with Gasteiger partial charge in [-0.2, -0.15) is 0 Å². The molecule has 2 aromatic carbocycles. The van der Waals surface area contributed by atoms with E-state index >= 15 is 0 Å². The maximum absolute atomic E-state index is 14.2. The third kappa shape index (κ3) is 9.32. The summed E-state index contributed by atoms with van der Waals surface area (Å²) in [4.78, 5) is 41.2. The van der Waals surface area contributed by atoms with Crippen LogP contribution in [0.2, 0.25) is 0 Å². The summed E-state index contributed by atoms with van der Waals surface area (Å²) >= 11 is 0. The zero-order valence-electron chi connectivity index (χ0n) is 30.5. The molecule has 0 spiro atoms. The average Bonchev–Trinajstić information content (AvgIpc) is 3.07. The molecule has 0 amide bonds. The molecule has 0 saturated carbocycles. The lowest BCUT2D eigenvalue weighted by Crippen LogP contribution is -2.21. The zero-order valence-corrected chi connectivity index (χ0v) is 30.5. The number of ketones is 1. The summed E-state index contributed by atoms with van der Waals surface area (Å²) in [5, 5.41) is 23.2. The highest BCUT2D eigenvalue weighted by molar-refractivity contribution is 6.11. The maximum Gasteiger partial charge on any atom is 0.347 e. The van der Waals surface area contributed by atoms with Crippen molar-refractivity contribution >= 4 is 33.8 Å². The number of rotatable bonds is 17. The van der Waals surface area contributed by atoms with E-state index in [1.165, 1.54) is 12.1 Å². The maximum atomic E-state index is 14.2. The van der Waals surface area contributed by atoms with Gasteiger partial charge in [-0.25, -0.2) is 9.59 Å².